The normalized spacial score (nSPS) is 21.2. The van der Waals surface area contributed by atoms with Gasteiger partial charge < -0.3 is 15.5 Å². The summed E-state index contributed by atoms with van der Waals surface area (Å²) in [4.78, 5) is 8.53. The molecule has 0 aromatic carbocycles. The molecule has 2 heterocycles. The Hall–Kier alpha value is -1.64. The van der Waals surface area contributed by atoms with Gasteiger partial charge in [0.15, 0.2) is 0 Å². The van der Waals surface area contributed by atoms with Gasteiger partial charge in [0.05, 0.1) is 6.04 Å². The van der Waals surface area contributed by atoms with Gasteiger partial charge in [-0.2, -0.15) is 5.26 Å². The fraction of sp³-hybridized carbons (Fsp3) is 0.500. The van der Waals surface area contributed by atoms with Gasteiger partial charge in [0.2, 0.25) is 0 Å². The molecule has 5 heteroatoms. The van der Waals surface area contributed by atoms with E-state index in [9.17, 15) is 0 Å². The highest BCUT2D eigenvalue weighted by molar-refractivity contribution is 5.50. The molecular formula is C12H17N5. The molecule has 17 heavy (non-hydrogen) atoms. The molecule has 0 spiro atoms. The standard InChI is InChI=1S/C12H17N5/c1-16-4-5-17(12(8-14)9-16)11-2-3-15-10(6-11)7-13/h2-3,6,12H,4-5,8-9,14H2,1H3. The summed E-state index contributed by atoms with van der Waals surface area (Å²) in [6.45, 7) is 3.53. The quantitative estimate of drug-likeness (QED) is 0.778. The van der Waals surface area contributed by atoms with Gasteiger partial charge in [0, 0.05) is 38.1 Å². The van der Waals surface area contributed by atoms with Crippen molar-refractivity contribution in [3.63, 3.8) is 0 Å². The molecule has 1 saturated heterocycles. The third-order valence-electron chi connectivity index (χ3n) is 3.15. The number of nitrogens with zero attached hydrogens (tertiary/aromatic N) is 4. The minimum atomic E-state index is 0.308. The van der Waals surface area contributed by atoms with Crippen LogP contribution in [0.25, 0.3) is 0 Å². The second-order valence-corrected chi connectivity index (χ2v) is 4.36. The van der Waals surface area contributed by atoms with Crippen LogP contribution in [-0.4, -0.2) is 49.2 Å². The summed E-state index contributed by atoms with van der Waals surface area (Å²) in [6.07, 6.45) is 1.68. The first-order valence-corrected chi connectivity index (χ1v) is 5.76. The van der Waals surface area contributed by atoms with Crippen LogP contribution >= 0.6 is 0 Å². The summed E-state index contributed by atoms with van der Waals surface area (Å²) in [7, 11) is 2.10. The lowest BCUT2D eigenvalue weighted by molar-refractivity contribution is 0.269. The fourth-order valence-corrected chi connectivity index (χ4v) is 2.21. The lowest BCUT2D eigenvalue weighted by atomic mass is 10.1. The molecule has 1 aromatic heterocycles. The number of piperazine rings is 1. The topological polar surface area (TPSA) is 69.2 Å². The molecule has 1 atom stereocenters. The Morgan fingerprint density at radius 3 is 3.12 bits per heavy atom. The highest BCUT2D eigenvalue weighted by atomic mass is 15.3. The molecule has 1 aliphatic rings. The number of rotatable bonds is 2. The maximum atomic E-state index is 8.86. The fourth-order valence-electron chi connectivity index (χ4n) is 2.21. The first kappa shape index (κ1) is 11.8. The van der Waals surface area contributed by atoms with E-state index in [-0.39, 0.29) is 0 Å². The molecular weight excluding hydrogens is 214 g/mol. The molecule has 1 unspecified atom stereocenters. The van der Waals surface area contributed by atoms with E-state index < -0.39 is 0 Å². The molecule has 2 N–H and O–H groups in total. The number of likely N-dealkylation sites (N-methyl/N-ethyl adjacent to an activating group) is 1. The Balaban J connectivity index is 2.22. The smallest absolute Gasteiger partial charge is 0.142 e. The summed E-state index contributed by atoms with van der Waals surface area (Å²) >= 11 is 0. The lowest BCUT2D eigenvalue weighted by Gasteiger charge is -2.41. The second-order valence-electron chi connectivity index (χ2n) is 4.36. The number of anilines is 1. The molecule has 0 aliphatic carbocycles. The van der Waals surface area contributed by atoms with Crippen LogP contribution in [0, 0.1) is 11.3 Å². The zero-order valence-electron chi connectivity index (χ0n) is 10.0. The van der Waals surface area contributed by atoms with Gasteiger partial charge in [0.1, 0.15) is 11.8 Å². The monoisotopic (exact) mass is 231 g/mol. The van der Waals surface area contributed by atoms with E-state index in [0.29, 0.717) is 18.3 Å². The van der Waals surface area contributed by atoms with Crippen molar-refractivity contribution < 1.29 is 0 Å². The summed E-state index contributed by atoms with van der Waals surface area (Å²) in [5, 5.41) is 8.86. The van der Waals surface area contributed by atoms with E-state index in [1.54, 1.807) is 6.20 Å². The molecule has 0 bridgehead atoms. The van der Waals surface area contributed by atoms with Crippen LogP contribution in [0.1, 0.15) is 5.69 Å². The van der Waals surface area contributed by atoms with E-state index in [2.05, 4.69) is 27.9 Å². The number of nitrogens with two attached hydrogens (primary N) is 1. The Morgan fingerprint density at radius 2 is 2.41 bits per heavy atom. The maximum Gasteiger partial charge on any atom is 0.142 e. The van der Waals surface area contributed by atoms with Crippen LogP contribution in [0.5, 0.6) is 0 Å². The first-order valence-electron chi connectivity index (χ1n) is 5.76. The third kappa shape index (κ3) is 2.54. The zero-order valence-corrected chi connectivity index (χ0v) is 10.0. The van der Waals surface area contributed by atoms with Gasteiger partial charge in [-0.05, 0) is 19.2 Å². The van der Waals surface area contributed by atoms with Gasteiger partial charge in [0.25, 0.3) is 0 Å². The molecule has 1 fully saturated rings. The van der Waals surface area contributed by atoms with Crippen molar-refractivity contribution in [1.82, 2.24) is 9.88 Å². The van der Waals surface area contributed by atoms with Crippen LogP contribution in [0.2, 0.25) is 0 Å². The minimum Gasteiger partial charge on any atom is -0.365 e. The number of hydrogen-bond donors (Lipinski definition) is 1. The van der Waals surface area contributed by atoms with Crippen molar-refractivity contribution in [2.75, 3.05) is 38.1 Å². The number of aromatic nitrogens is 1. The Labute approximate surface area is 101 Å². The van der Waals surface area contributed by atoms with Gasteiger partial charge >= 0.3 is 0 Å². The van der Waals surface area contributed by atoms with Gasteiger partial charge in [-0.1, -0.05) is 0 Å². The average Bonchev–Trinajstić information content (AvgIpc) is 2.38. The lowest BCUT2D eigenvalue weighted by Crippen LogP contribution is -2.55. The summed E-state index contributed by atoms with van der Waals surface area (Å²) in [6, 6.07) is 6.14. The Kier molecular flexibility index (Phi) is 3.57. The minimum absolute atomic E-state index is 0.308. The number of pyridine rings is 1. The molecule has 1 aromatic rings. The van der Waals surface area contributed by atoms with Crippen molar-refractivity contribution in [2.45, 2.75) is 6.04 Å². The Morgan fingerprint density at radius 1 is 1.59 bits per heavy atom. The van der Waals surface area contributed by atoms with E-state index in [0.717, 1.165) is 25.3 Å². The van der Waals surface area contributed by atoms with Crippen LogP contribution in [0.15, 0.2) is 18.3 Å². The number of nitriles is 1. The number of hydrogen-bond acceptors (Lipinski definition) is 5. The van der Waals surface area contributed by atoms with Crippen molar-refractivity contribution in [3.05, 3.63) is 24.0 Å². The van der Waals surface area contributed by atoms with Crippen LogP contribution in [-0.2, 0) is 0 Å². The van der Waals surface area contributed by atoms with Crippen molar-refractivity contribution in [2.24, 2.45) is 5.73 Å². The van der Waals surface area contributed by atoms with E-state index >= 15 is 0 Å². The van der Waals surface area contributed by atoms with E-state index in [1.165, 1.54) is 0 Å². The van der Waals surface area contributed by atoms with Crippen molar-refractivity contribution in [3.8, 4) is 6.07 Å². The maximum absolute atomic E-state index is 8.86. The SMILES string of the molecule is CN1CCN(c2ccnc(C#N)c2)C(CN)C1. The van der Waals surface area contributed by atoms with Crippen LogP contribution in [0.3, 0.4) is 0 Å². The first-order chi connectivity index (χ1) is 8.24. The summed E-state index contributed by atoms with van der Waals surface area (Å²) in [5.41, 5.74) is 7.31. The van der Waals surface area contributed by atoms with Crippen LogP contribution in [0.4, 0.5) is 5.69 Å². The highest BCUT2D eigenvalue weighted by Crippen LogP contribution is 2.19. The predicted octanol–water partition coefficient (Wildman–Crippen LogP) is 0.0324. The molecule has 5 nitrogen and oxygen atoms in total. The van der Waals surface area contributed by atoms with Gasteiger partial charge in [-0.25, -0.2) is 4.98 Å². The van der Waals surface area contributed by atoms with Gasteiger partial charge in [-0.3, -0.25) is 0 Å². The predicted molar refractivity (Wildman–Crippen MR) is 66.6 cm³/mol. The highest BCUT2D eigenvalue weighted by Gasteiger charge is 2.24. The molecule has 90 valence electrons. The third-order valence-corrected chi connectivity index (χ3v) is 3.15. The largest absolute Gasteiger partial charge is 0.365 e. The van der Waals surface area contributed by atoms with Gasteiger partial charge in [-0.15, -0.1) is 0 Å². The summed E-state index contributed by atoms with van der Waals surface area (Å²) < 4.78 is 0. The van der Waals surface area contributed by atoms with Crippen LogP contribution < -0.4 is 10.6 Å². The molecule has 1 aliphatic heterocycles. The zero-order chi connectivity index (χ0) is 12.3. The Bertz CT molecular complexity index is 425. The van der Waals surface area contributed by atoms with E-state index in [4.69, 9.17) is 11.0 Å². The summed E-state index contributed by atoms with van der Waals surface area (Å²) in [5.74, 6) is 0. The molecule has 0 saturated carbocycles. The second kappa shape index (κ2) is 5.13. The molecule has 2 rings (SSSR count). The average molecular weight is 231 g/mol. The molecule has 0 amide bonds. The van der Waals surface area contributed by atoms with Crippen molar-refractivity contribution >= 4 is 5.69 Å². The molecule has 0 radical (unpaired) electrons. The van der Waals surface area contributed by atoms with E-state index in [1.807, 2.05) is 12.1 Å². The van der Waals surface area contributed by atoms with Crippen molar-refractivity contribution in [1.29, 1.82) is 5.26 Å².